The highest BCUT2D eigenvalue weighted by atomic mass is 35.5. The van der Waals surface area contributed by atoms with Crippen molar-refractivity contribution in [2.45, 2.75) is 57.4 Å². The van der Waals surface area contributed by atoms with E-state index in [4.69, 9.17) is 10.3 Å². The lowest BCUT2D eigenvalue weighted by molar-refractivity contribution is 0.0951. The molecule has 136 valence electrons. The largest absolute Gasteiger partial charge is 0.350 e. The van der Waals surface area contributed by atoms with Gasteiger partial charge in [0.1, 0.15) is 0 Å². The maximum absolute atomic E-state index is 12.8. The SMILES string of the molecule is CCCc1noc2nc(C3CC3)cc(C(=O)NCC(N)C3CC3)c12.Cl. The van der Waals surface area contributed by atoms with Gasteiger partial charge in [-0.1, -0.05) is 18.5 Å². The first-order valence-corrected chi connectivity index (χ1v) is 9.00. The second kappa shape index (κ2) is 7.30. The molecule has 0 spiro atoms. The van der Waals surface area contributed by atoms with Crippen LogP contribution in [-0.2, 0) is 6.42 Å². The molecular formula is C18H25ClN4O2. The molecule has 0 saturated heterocycles. The van der Waals surface area contributed by atoms with Gasteiger partial charge in [0.15, 0.2) is 0 Å². The van der Waals surface area contributed by atoms with Crippen molar-refractivity contribution in [2.24, 2.45) is 11.7 Å². The van der Waals surface area contributed by atoms with Crippen molar-refractivity contribution in [1.29, 1.82) is 0 Å². The minimum Gasteiger partial charge on any atom is -0.350 e. The molecule has 2 saturated carbocycles. The molecule has 0 bridgehead atoms. The highest BCUT2D eigenvalue weighted by Crippen LogP contribution is 2.40. The van der Waals surface area contributed by atoms with Crippen molar-refractivity contribution in [1.82, 2.24) is 15.5 Å². The number of hydrogen-bond donors (Lipinski definition) is 2. The number of carbonyl (C=O) groups is 1. The Morgan fingerprint density at radius 1 is 1.40 bits per heavy atom. The molecule has 1 amide bonds. The Balaban J connectivity index is 0.00000182. The van der Waals surface area contributed by atoms with Crippen molar-refractivity contribution in [3.63, 3.8) is 0 Å². The van der Waals surface area contributed by atoms with Crippen LogP contribution < -0.4 is 11.1 Å². The van der Waals surface area contributed by atoms with E-state index in [1.54, 1.807) is 0 Å². The van der Waals surface area contributed by atoms with Crippen LogP contribution >= 0.6 is 12.4 Å². The number of fused-ring (bicyclic) bond motifs is 1. The molecule has 2 fully saturated rings. The van der Waals surface area contributed by atoms with Gasteiger partial charge in [0.05, 0.1) is 16.6 Å². The Bertz CT molecular complexity index is 768. The Labute approximate surface area is 153 Å². The average Bonchev–Trinajstić information content (AvgIpc) is 3.49. The Morgan fingerprint density at radius 3 is 2.80 bits per heavy atom. The lowest BCUT2D eigenvalue weighted by Gasteiger charge is -2.12. The van der Waals surface area contributed by atoms with Crippen LogP contribution in [0.4, 0.5) is 0 Å². The van der Waals surface area contributed by atoms with E-state index >= 15 is 0 Å². The van der Waals surface area contributed by atoms with Crippen molar-refractivity contribution in [3.8, 4) is 0 Å². The number of aryl methyl sites for hydroxylation is 1. The topological polar surface area (TPSA) is 94.0 Å². The smallest absolute Gasteiger partial charge is 0.259 e. The van der Waals surface area contributed by atoms with Crippen LogP contribution in [0.1, 0.15) is 66.7 Å². The maximum atomic E-state index is 12.8. The highest BCUT2D eigenvalue weighted by molar-refractivity contribution is 6.06. The lowest BCUT2D eigenvalue weighted by Crippen LogP contribution is -2.38. The molecule has 25 heavy (non-hydrogen) atoms. The van der Waals surface area contributed by atoms with Gasteiger partial charge in [-0.3, -0.25) is 4.79 Å². The molecule has 3 N–H and O–H groups in total. The lowest BCUT2D eigenvalue weighted by atomic mass is 10.0. The zero-order chi connectivity index (χ0) is 16.7. The monoisotopic (exact) mass is 364 g/mol. The van der Waals surface area contributed by atoms with Gasteiger partial charge >= 0.3 is 0 Å². The highest BCUT2D eigenvalue weighted by Gasteiger charge is 2.31. The summed E-state index contributed by atoms with van der Waals surface area (Å²) >= 11 is 0. The Hall–Kier alpha value is -1.66. The summed E-state index contributed by atoms with van der Waals surface area (Å²) in [6.07, 6.45) is 6.33. The van der Waals surface area contributed by atoms with Crippen molar-refractivity contribution in [3.05, 3.63) is 23.0 Å². The van der Waals surface area contributed by atoms with Crippen molar-refractivity contribution < 1.29 is 9.32 Å². The first kappa shape index (κ1) is 18.1. The molecule has 0 aliphatic heterocycles. The van der Waals surface area contributed by atoms with E-state index in [-0.39, 0.29) is 24.4 Å². The number of nitrogens with one attached hydrogen (secondary N) is 1. The standard InChI is InChI=1S/C18H24N4O2.ClH/c1-2-3-14-16-12(17(23)20-9-13(19)10-4-5-10)8-15(11-6-7-11)21-18(16)24-22-14;/h8,10-11,13H,2-7,9,19H2,1H3,(H,20,23);1H. The van der Waals surface area contributed by atoms with Crippen LogP contribution in [0.15, 0.2) is 10.6 Å². The van der Waals surface area contributed by atoms with Gasteiger partial charge in [0.2, 0.25) is 0 Å². The summed E-state index contributed by atoms with van der Waals surface area (Å²) in [7, 11) is 0. The van der Waals surface area contributed by atoms with Gasteiger partial charge in [-0.15, -0.1) is 12.4 Å². The summed E-state index contributed by atoms with van der Waals surface area (Å²) in [5.74, 6) is 0.923. The van der Waals surface area contributed by atoms with Gasteiger partial charge in [-0.05, 0) is 44.1 Å². The second-order valence-corrected chi connectivity index (χ2v) is 7.14. The summed E-state index contributed by atoms with van der Waals surface area (Å²) in [5, 5.41) is 7.90. The van der Waals surface area contributed by atoms with Crippen molar-refractivity contribution in [2.75, 3.05) is 6.54 Å². The Morgan fingerprint density at radius 2 is 2.16 bits per heavy atom. The third-order valence-corrected chi connectivity index (χ3v) is 4.99. The number of nitrogens with two attached hydrogens (primary N) is 1. The van der Waals surface area contributed by atoms with E-state index in [0.29, 0.717) is 29.7 Å². The number of amides is 1. The molecule has 0 aromatic carbocycles. The quantitative estimate of drug-likeness (QED) is 0.787. The predicted molar refractivity (Wildman–Crippen MR) is 98.1 cm³/mol. The number of carbonyl (C=O) groups excluding carboxylic acids is 1. The fourth-order valence-electron chi connectivity index (χ4n) is 3.20. The predicted octanol–water partition coefficient (Wildman–Crippen LogP) is 2.94. The number of hydrogen-bond acceptors (Lipinski definition) is 5. The summed E-state index contributed by atoms with van der Waals surface area (Å²) in [6, 6.07) is 1.97. The molecule has 1 atom stereocenters. The molecule has 0 radical (unpaired) electrons. The van der Waals surface area contributed by atoms with Crippen molar-refractivity contribution >= 4 is 29.4 Å². The van der Waals surface area contributed by atoms with Crippen LogP contribution in [0.5, 0.6) is 0 Å². The third kappa shape index (κ3) is 3.80. The van der Waals surface area contributed by atoms with Crippen LogP contribution in [0.2, 0.25) is 0 Å². The molecule has 1 unspecified atom stereocenters. The normalized spacial score (nSPS) is 18.0. The summed E-state index contributed by atoms with van der Waals surface area (Å²) in [4.78, 5) is 17.4. The Kier molecular flexibility index (Phi) is 5.29. The van der Waals surface area contributed by atoms with Gasteiger partial charge < -0.3 is 15.6 Å². The molecule has 2 aromatic heterocycles. The molecule has 4 rings (SSSR count). The van der Waals surface area contributed by atoms with E-state index in [1.165, 1.54) is 12.8 Å². The zero-order valence-electron chi connectivity index (χ0n) is 14.5. The maximum Gasteiger partial charge on any atom is 0.259 e. The molecular weight excluding hydrogens is 340 g/mol. The number of rotatable bonds is 7. The van der Waals surface area contributed by atoms with E-state index < -0.39 is 0 Å². The second-order valence-electron chi connectivity index (χ2n) is 7.14. The van der Waals surface area contributed by atoms with Gasteiger partial charge in [0, 0.05) is 24.2 Å². The van der Waals surface area contributed by atoms with E-state index in [2.05, 4.69) is 22.4 Å². The minimum absolute atomic E-state index is 0. The van der Waals surface area contributed by atoms with Crippen LogP contribution in [-0.4, -0.2) is 28.6 Å². The fraction of sp³-hybridized carbons (Fsp3) is 0.611. The summed E-state index contributed by atoms with van der Waals surface area (Å²) in [5.41, 5.74) is 8.99. The van der Waals surface area contributed by atoms with Gasteiger partial charge in [0.25, 0.3) is 11.6 Å². The van der Waals surface area contributed by atoms with Crippen LogP contribution in [0.3, 0.4) is 0 Å². The number of nitrogens with zero attached hydrogens (tertiary/aromatic N) is 2. The van der Waals surface area contributed by atoms with Crippen LogP contribution in [0, 0.1) is 5.92 Å². The zero-order valence-corrected chi connectivity index (χ0v) is 15.3. The van der Waals surface area contributed by atoms with E-state index in [1.807, 2.05) is 6.07 Å². The van der Waals surface area contributed by atoms with Gasteiger partial charge in [-0.2, -0.15) is 0 Å². The van der Waals surface area contributed by atoms with Crippen LogP contribution in [0.25, 0.3) is 11.1 Å². The molecule has 6 nitrogen and oxygen atoms in total. The molecule has 2 aromatic rings. The minimum atomic E-state index is -0.0963. The van der Waals surface area contributed by atoms with E-state index in [0.717, 1.165) is 42.5 Å². The number of halogens is 1. The third-order valence-electron chi connectivity index (χ3n) is 4.99. The first-order valence-electron chi connectivity index (χ1n) is 9.00. The average molecular weight is 365 g/mol. The molecule has 2 heterocycles. The fourth-order valence-corrected chi connectivity index (χ4v) is 3.20. The number of aromatic nitrogens is 2. The summed E-state index contributed by atoms with van der Waals surface area (Å²) in [6.45, 7) is 2.60. The molecule has 2 aliphatic rings. The summed E-state index contributed by atoms with van der Waals surface area (Å²) < 4.78 is 5.42. The molecule has 7 heteroatoms. The first-order chi connectivity index (χ1) is 11.7. The number of pyridine rings is 1. The van der Waals surface area contributed by atoms with E-state index in [9.17, 15) is 4.79 Å². The molecule has 2 aliphatic carbocycles. The van der Waals surface area contributed by atoms with Gasteiger partial charge in [-0.25, -0.2) is 4.98 Å².